The number of aliphatic hydroxyl groups is 1. The van der Waals surface area contributed by atoms with Crippen LogP contribution in [0.3, 0.4) is 0 Å². The Balaban J connectivity index is 1.81. The summed E-state index contributed by atoms with van der Waals surface area (Å²) in [6.45, 7) is 13.1. The highest BCUT2D eigenvalue weighted by Gasteiger charge is 2.29. The molecule has 0 aliphatic carbocycles. The average molecular weight is 335 g/mol. The number of nitrogens with zero attached hydrogens (tertiary/aromatic N) is 2. The smallest absolute Gasteiger partial charge is 0.122 e. The minimum absolute atomic E-state index is 0.344. The Kier molecular flexibility index (Phi) is 7.08. The molecule has 24 heavy (non-hydrogen) atoms. The van der Waals surface area contributed by atoms with Crippen molar-refractivity contribution in [2.45, 2.75) is 46.3 Å². The topological polar surface area (TPSA) is 35.9 Å². The minimum Gasteiger partial charge on any atom is -0.491 e. The zero-order valence-corrected chi connectivity index (χ0v) is 16.0. The third-order valence-electron chi connectivity index (χ3n) is 5.23. The summed E-state index contributed by atoms with van der Waals surface area (Å²) < 4.78 is 5.84. The predicted molar refractivity (Wildman–Crippen MR) is 99.7 cm³/mol. The molecule has 1 heterocycles. The Morgan fingerprint density at radius 3 is 2.79 bits per heavy atom. The van der Waals surface area contributed by atoms with E-state index in [-0.39, 0.29) is 0 Å². The molecule has 0 saturated carbocycles. The van der Waals surface area contributed by atoms with Crippen LogP contribution in [0.25, 0.3) is 0 Å². The van der Waals surface area contributed by atoms with Gasteiger partial charge in [0.25, 0.3) is 0 Å². The fourth-order valence-electron chi connectivity index (χ4n) is 3.73. The predicted octanol–water partition coefficient (Wildman–Crippen LogP) is 2.71. The van der Waals surface area contributed by atoms with Gasteiger partial charge in [-0.05, 0) is 63.5 Å². The van der Waals surface area contributed by atoms with E-state index >= 15 is 0 Å². The maximum absolute atomic E-state index is 10.4. The normalized spacial score (nSPS) is 23.5. The second-order valence-corrected chi connectivity index (χ2v) is 7.40. The number of likely N-dealkylation sites (tertiary alicyclic amines) is 1. The first-order valence-corrected chi connectivity index (χ1v) is 9.21. The summed E-state index contributed by atoms with van der Waals surface area (Å²) in [7, 11) is 2.13. The van der Waals surface area contributed by atoms with Gasteiger partial charge >= 0.3 is 0 Å². The molecule has 1 aromatic carbocycles. The average Bonchev–Trinajstić information content (AvgIpc) is 2.55. The second-order valence-electron chi connectivity index (χ2n) is 7.40. The molecule has 1 fully saturated rings. The van der Waals surface area contributed by atoms with Crippen LogP contribution in [0, 0.1) is 19.8 Å². The van der Waals surface area contributed by atoms with Gasteiger partial charge in [-0.3, -0.25) is 0 Å². The van der Waals surface area contributed by atoms with E-state index in [1.54, 1.807) is 0 Å². The molecule has 0 radical (unpaired) electrons. The van der Waals surface area contributed by atoms with Gasteiger partial charge in [-0.2, -0.15) is 0 Å². The third kappa shape index (κ3) is 5.20. The van der Waals surface area contributed by atoms with Crippen LogP contribution in [0.2, 0.25) is 0 Å². The molecule has 2 rings (SSSR count). The van der Waals surface area contributed by atoms with Crippen molar-refractivity contribution in [2.75, 3.05) is 39.8 Å². The summed E-state index contributed by atoms with van der Waals surface area (Å²) in [6, 6.07) is 6.72. The van der Waals surface area contributed by atoms with E-state index < -0.39 is 6.10 Å². The van der Waals surface area contributed by atoms with Crippen molar-refractivity contribution < 1.29 is 9.84 Å². The van der Waals surface area contributed by atoms with Crippen molar-refractivity contribution in [3.05, 3.63) is 29.3 Å². The number of piperidine rings is 1. The summed E-state index contributed by atoms with van der Waals surface area (Å²) in [5, 5.41) is 10.4. The molecule has 3 unspecified atom stereocenters. The van der Waals surface area contributed by atoms with Crippen molar-refractivity contribution in [3.8, 4) is 5.75 Å². The maximum atomic E-state index is 10.4. The third-order valence-corrected chi connectivity index (χ3v) is 5.23. The molecule has 0 amide bonds. The first-order valence-electron chi connectivity index (χ1n) is 9.21. The summed E-state index contributed by atoms with van der Waals surface area (Å²) in [5.41, 5.74) is 2.29. The molecule has 0 aromatic heterocycles. The lowest BCUT2D eigenvalue weighted by atomic mass is 9.92. The molecule has 1 aliphatic rings. The van der Waals surface area contributed by atoms with Crippen LogP contribution in [-0.4, -0.2) is 66.9 Å². The lowest BCUT2D eigenvalue weighted by molar-refractivity contribution is 0.0290. The number of benzene rings is 1. The zero-order valence-electron chi connectivity index (χ0n) is 16.0. The van der Waals surface area contributed by atoms with Gasteiger partial charge in [-0.1, -0.05) is 26.0 Å². The molecule has 4 heteroatoms. The number of ether oxygens (including phenoxy) is 1. The quantitative estimate of drug-likeness (QED) is 0.832. The van der Waals surface area contributed by atoms with E-state index in [0.29, 0.717) is 25.1 Å². The number of likely N-dealkylation sites (N-methyl/N-ethyl adjacent to an activating group) is 1. The van der Waals surface area contributed by atoms with Crippen LogP contribution in [0.4, 0.5) is 0 Å². The van der Waals surface area contributed by atoms with Crippen LogP contribution in [0.5, 0.6) is 5.75 Å². The second kappa shape index (κ2) is 8.84. The van der Waals surface area contributed by atoms with Crippen LogP contribution in [0.15, 0.2) is 18.2 Å². The Hall–Kier alpha value is -1.10. The Bertz CT molecular complexity index is 520. The fourth-order valence-corrected chi connectivity index (χ4v) is 3.73. The van der Waals surface area contributed by atoms with E-state index in [2.05, 4.69) is 49.8 Å². The lowest BCUT2D eigenvalue weighted by Crippen LogP contribution is -2.50. The van der Waals surface area contributed by atoms with Crippen LogP contribution in [-0.2, 0) is 0 Å². The molecular weight excluding hydrogens is 300 g/mol. The number of aliphatic hydroxyl groups excluding tert-OH is 1. The van der Waals surface area contributed by atoms with Gasteiger partial charge in [0.15, 0.2) is 0 Å². The Labute approximate surface area is 147 Å². The van der Waals surface area contributed by atoms with Gasteiger partial charge in [0, 0.05) is 19.1 Å². The summed E-state index contributed by atoms with van der Waals surface area (Å²) in [4.78, 5) is 4.82. The minimum atomic E-state index is -0.466. The highest BCUT2D eigenvalue weighted by Crippen LogP contribution is 2.22. The monoisotopic (exact) mass is 334 g/mol. The first kappa shape index (κ1) is 19.2. The van der Waals surface area contributed by atoms with E-state index in [1.807, 2.05) is 13.0 Å². The SMILES string of the molecule is CCN1CCC(N(C)CC(O)COc2cc(C)ccc2C)C(C)C1. The first-order chi connectivity index (χ1) is 11.4. The summed E-state index contributed by atoms with van der Waals surface area (Å²) in [5.74, 6) is 1.51. The Morgan fingerprint density at radius 2 is 2.12 bits per heavy atom. The van der Waals surface area contributed by atoms with Crippen molar-refractivity contribution in [1.82, 2.24) is 9.80 Å². The van der Waals surface area contributed by atoms with Crippen molar-refractivity contribution in [1.29, 1.82) is 0 Å². The number of hydrogen-bond donors (Lipinski definition) is 1. The van der Waals surface area contributed by atoms with Gasteiger partial charge in [0.05, 0.1) is 0 Å². The Morgan fingerprint density at radius 1 is 1.38 bits per heavy atom. The van der Waals surface area contributed by atoms with Crippen molar-refractivity contribution in [3.63, 3.8) is 0 Å². The van der Waals surface area contributed by atoms with Gasteiger partial charge in [0.2, 0.25) is 0 Å². The van der Waals surface area contributed by atoms with Gasteiger partial charge in [-0.15, -0.1) is 0 Å². The fraction of sp³-hybridized carbons (Fsp3) is 0.700. The number of rotatable bonds is 7. The van der Waals surface area contributed by atoms with Gasteiger partial charge in [0.1, 0.15) is 18.5 Å². The molecule has 1 aliphatic heterocycles. The highest BCUT2D eigenvalue weighted by atomic mass is 16.5. The van der Waals surface area contributed by atoms with E-state index in [4.69, 9.17) is 4.74 Å². The molecule has 0 spiro atoms. The van der Waals surface area contributed by atoms with Crippen molar-refractivity contribution in [2.24, 2.45) is 5.92 Å². The molecular formula is C20H34N2O2. The van der Waals surface area contributed by atoms with E-state index in [9.17, 15) is 5.11 Å². The lowest BCUT2D eigenvalue weighted by Gasteiger charge is -2.41. The molecule has 136 valence electrons. The largest absolute Gasteiger partial charge is 0.491 e. The number of hydrogen-bond acceptors (Lipinski definition) is 4. The molecule has 1 saturated heterocycles. The van der Waals surface area contributed by atoms with Gasteiger partial charge < -0.3 is 19.6 Å². The maximum Gasteiger partial charge on any atom is 0.122 e. The van der Waals surface area contributed by atoms with Crippen molar-refractivity contribution >= 4 is 0 Å². The van der Waals surface area contributed by atoms with Crippen LogP contribution < -0.4 is 4.74 Å². The van der Waals surface area contributed by atoms with Crippen LogP contribution in [0.1, 0.15) is 31.4 Å². The van der Waals surface area contributed by atoms with Gasteiger partial charge in [-0.25, -0.2) is 0 Å². The standard InChI is InChI=1S/C20H34N2O2/c1-6-22-10-9-19(17(4)12-22)21(5)13-18(23)14-24-20-11-15(2)7-8-16(20)3/h7-8,11,17-19,23H,6,9-10,12-14H2,1-5H3. The highest BCUT2D eigenvalue weighted by molar-refractivity contribution is 5.35. The molecule has 0 bridgehead atoms. The molecule has 4 nitrogen and oxygen atoms in total. The molecule has 1 aromatic rings. The van der Waals surface area contributed by atoms with Crippen LogP contribution >= 0.6 is 0 Å². The number of aryl methyl sites for hydroxylation is 2. The van der Waals surface area contributed by atoms with E-state index in [1.165, 1.54) is 12.0 Å². The van der Waals surface area contributed by atoms with E-state index in [0.717, 1.165) is 30.9 Å². The molecule has 3 atom stereocenters. The summed E-state index contributed by atoms with van der Waals surface area (Å²) in [6.07, 6.45) is 0.710. The molecule has 1 N–H and O–H groups in total. The summed E-state index contributed by atoms with van der Waals surface area (Å²) >= 11 is 0. The zero-order chi connectivity index (χ0) is 17.7.